The molecule has 0 aromatic carbocycles. The van der Waals surface area contributed by atoms with Gasteiger partial charge in [0.2, 0.25) is 0 Å². The third-order valence-corrected chi connectivity index (χ3v) is 2.30. The topological polar surface area (TPSA) is 73.7 Å². The Hall–Kier alpha value is -0.200. The van der Waals surface area contributed by atoms with Crippen molar-refractivity contribution in [3.05, 3.63) is 0 Å². The molecule has 1 aliphatic heterocycles. The Balaban J connectivity index is 2.29. The maximum absolute atomic E-state index is 5.60. The van der Waals surface area contributed by atoms with E-state index in [9.17, 15) is 0 Å². The van der Waals surface area contributed by atoms with E-state index >= 15 is 0 Å². The van der Waals surface area contributed by atoms with Crippen molar-refractivity contribution < 1.29 is 9.47 Å². The van der Waals surface area contributed by atoms with Gasteiger partial charge in [-0.3, -0.25) is 0 Å². The highest BCUT2D eigenvalue weighted by Gasteiger charge is 2.31. The molecule has 1 saturated heterocycles. The van der Waals surface area contributed by atoms with Gasteiger partial charge in [-0.1, -0.05) is 0 Å². The lowest BCUT2D eigenvalue weighted by Crippen LogP contribution is -2.33. The molecule has 2 atom stereocenters. The molecule has 1 heterocycles. The summed E-state index contributed by atoms with van der Waals surface area (Å²) >= 11 is 0. The second-order valence-corrected chi connectivity index (χ2v) is 3.62. The molecule has 4 N–H and O–H groups in total. The third-order valence-electron chi connectivity index (χ3n) is 2.30. The molecular weight excluding hydrogens is 182 g/mol. The number of rotatable bonds is 6. The lowest BCUT2D eigenvalue weighted by atomic mass is 10.2. The van der Waals surface area contributed by atoms with E-state index in [1.807, 2.05) is 0 Å². The minimum atomic E-state index is 0.148. The Bertz CT molecular complexity index is 141. The van der Waals surface area contributed by atoms with E-state index in [0.29, 0.717) is 26.3 Å². The molecular formula is C9H21N3O2. The summed E-state index contributed by atoms with van der Waals surface area (Å²) in [5.74, 6) is 0. The second kappa shape index (κ2) is 6.31. The van der Waals surface area contributed by atoms with Crippen LogP contribution >= 0.6 is 0 Å². The average molecular weight is 203 g/mol. The van der Waals surface area contributed by atoms with E-state index in [0.717, 1.165) is 13.1 Å². The first-order chi connectivity index (χ1) is 6.77. The van der Waals surface area contributed by atoms with E-state index < -0.39 is 0 Å². The van der Waals surface area contributed by atoms with Crippen molar-refractivity contribution in [3.63, 3.8) is 0 Å². The Labute approximate surface area is 85.3 Å². The van der Waals surface area contributed by atoms with Gasteiger partial charge < -0.3 is 25.8 Å². The number of likely N-dealkylation sites (N-methyl/N-ethyl adjacent to an activating group) is 1. The fraction of sp³-hybridized carbons (Fsp3) is 1.00. The minimum Gasteiger partial charge on any atom is -0.373 e. The maximum atomic E-state index is 5.60. The van der Waals surface area contributed by atoms with Crippen LogP contribution in [0.1, 0.15) is 0 Å². The Morgan fingerprint density at radius 3 is 1.86 bits per heavy atom. The van der Waals surface area contributed by atoms with Crippen molar-refractivity contribution in [3.8, 4) is 0 Å². The lowest BCUT2D eigenvalue weighted by Gasteiger charge is -2.18. The second-order valence-electron chi connectivity index (χ2n) is 3.62. The van der Waals surface area contributed by atoms with Gasteiger partial charge in [0, 0.05) is 26.2 Å². The lowest BCUT2D eigenvalue weighted by molar-refractivity contribution is -0.0419. The Morgan fingerprint density at radius 1 is 1.07 bits per heavy atom. The quantitative estimate of drug-likeness (QED) is 0.556. The van der Waals surface area contributed by atoms with Crippen LogP contribution in [-0.4, -0.2) is 63.5 Å². The van der Waals surface area contributed by atoms with Gasteiger partial charge >= 0.3 is 0 Å². The zero-order valence-corrected chi connectivity index (χ0v) is 8.82. The maximum Gasteiger partial charge on any atom is 0.0976 e. The Morgan fingerprint density at radius 2 is 1.50 bits per heavy atom. The smallest absolute Gasteiger partial charge is 0.0976 e. The molecule has 0 spiro atoms. The van der Waals surface area contributed by atoms with E-state index in [4.69, 9.17) is 20.9 Å². The van der Waals surface area contributed by atoms with Crippen molar-refractivity contribution in [1.29, 1.82) is 0 Å². The van der Waals surface area contributed by atoms with Crippen molar-refractivity contribution in [2.24, 2.45) is 11.5 Å². The van der Waals surface area contributed by atoms with Crippen molar-refractivity contribution in [2.75, 3.05) is 46.4 Å². The van der Waals surface area contributed by atoms with Crippen molar-refractivity contribution in [2.45, 2.75) is 12.2 Å². The van der Waals surface area contributed by atoms with Gasteiger partial charge in [-0.05, 0) is 7.05 Å². The highest BCUT2D eigenvalue weighted by molar-refractivity contribution is 4.84. The predicted octanol–water partition coefficient (Wildman–Crippen LogP) is -1.38. The largest absolute Gasteiger partial charge is 0.373 e. The van der Waals surface area contributed by atoms with Crippen LogP contribution in [0.5, 0.6) is 0 Å². The first-order valence-electron chi connectivity index (χ1n) is 5.09. The van der Waals surface area contributed by atoms with Gasteiger partial charge in [-0.2, -0.15) is 0 Å². The molecule has 0 radical (unpaired) electrons. The van der Waals surface area contributed by atoms with E-state index in [-0.39, 0.29) is 12.2 Å². The number of nitrogens with two attached hydrogens (primary N) is 2. The zero-order valence-electron chi connectivity index (χ0n) is 8.82. The van der Waals surface area contributed by atoms with Gasteiger partial charge in [0.05, 0.1) is 25.4 Å². The van der Waals surface area contributed by atoms with Crippen LogP contribution in [-0.2, 0) is 9.47 Å². The molecule has 0 aromatic rings. The van der Waals surface area contributed by atoms with Gasteiger partial charge in [-0.15, -0.1) is 0 Å². The highest BCUT2D eigenvalue weighted by Crippen LogP contribution is 2.14. The SMILES string of the molecule is CN1CC(OCCN)C(OCCN)C1. The summed E-state index contributed by atoms with van der Waals surface area (Å²) in [5, 5.41) is 0. The van der Waals surface area contributed by atoms with E-state index in [1.165, 1.54) is 0 Å². The molecule has 84 valence electrons. The van der Waals surface area contributed by atoms with Crippen LogP contribution in [0.25, 0.3) is 0 Å². The molecule has 0 aromatic heterocycles. The third kappa shape index (κ3) is 3.51. The summed E-state index contributed by atoms with van der Waals surface area (Å²) in [6.07, 6.45) is 0.296. The monoisotopic (exact) mass is 203 g/mol. The minimum absolute atomic E-state index is 0.148. The van der Waals surface area contributed by atoms with Crippen LogP contribution in [0.2, 0.25) is 0 Å². The number of likely N-dealkylation sites (tertiary alicyclic amines) is 1. The number of hydrogen-bond donors (Lipinski definition) is 2. The van der Waals surface area contributed by atoms with E-state index in [2.05, 4.69) is 11.9 Å². The summed E-state index contributed by atoms with van der Waals surface area (Å²) in [6.45, 7) is 4.14. The predicted molar refractivity (Wildman–Crippen MR) is 55.1 cm³/mol. The van der Waals surface area contributed by atoms with Crippen molar-refractivity contribution in [1.82, 2.24) is 4.90 Å². The van der Waals surface area contributed by atoms with E-state index in [1.54, 1.807) is 0 Å². The van der Waals surface area contributed by atoms with Crippen LogP contribution in [0.4, 0.5) is 0 Å². The Kier molecular flexibility index (Phi) is 5.36. The summed E-state index contributed by atoms with van der Waals surface area (Å²) in [7, 11) is 2.06. The van der Waals surface area contributed by atoms with Gasteiger partial charge in [0.1, 0.15) is 0 Å². The molecule has 14 heavy (non-hydrogen) atoms. The zero-order chi connectivity index (χ0) is 10.4. The molecule has 1 fully saturated rings. The standard InChI is InChI=1S/C9H21N3O2/c1-12-6-8(13-4-2-10)9(7-12)14-5-3-11/h8-9H,2-7,10-11H2,1H3. The van der Waals surface area contributed by atoms with Crippen molar-refractivity contribution >= 4 is 0 Å². The number of hydrogen-bond acceptors (Lipinski definition) is 5. The van der Waals surface area contributed by atoms with Crippen LogP contribution in [0, 0.1) is 0 Å². The first-order valence-corrected chi connectivity index (χ1v) is 5.09. The molecule has 5 heteroatoms. The molecule has 0 amide bonds. The molecule has 0 aliphatic carbocycles. The number of ether oxygens (including phenoxy) is 2. The summed E-state index contributed by atoms with van der Waals surface area (Å²) in [6, 6.07) is 0. The molecule has 0 saturated carbocycles. The van der Waals surface area contributed by atoms with Gasteiger partial charge in [0.15, 0.2) is 0 Å². The molecule has 5 nitrogen and oxygen atoms in total. The van der Waals surface area contributed by atoms with Gasteiger partial charge in [0.25, 0.3) is 0 Å². The summed E-state index contributed by atoms with van der Waals surface area (Å²) < 4.78 is 11.2. The summed E-state index contributed by atoms with van der Waals surface area (Å²) in [4.78, 5) is 2.20. The molecule has 1 aliphatic rings. The molecule has 1 rings (SSSR count). The average Bonchev–Trinajstić information content (AvgIpc) is 2.52. The molecule has 2 unspecified atom stereocenters. The highest BCUT2D eigenvalue weighted by atomic mass is 16.5. The molecule has 0 bridgehead atoms. The van der Waals surface area contributed by atoms with Gasteiger partial charge in [-0.25, -0.2) is 0 Å². The summed E-state index contributed by atoms with van der Waals surface area (Å²) in [5.41, 5.74) is 10.8. The fourth-order valence-corrected chi connectivity index (χ4v) is 1.68. The first kappa shape index (κ1) is 11.9. The van der Waals surface area contributed by atoms with Crippen LogP contribution in [0.3, 0.4) is 0 Å². The fourth-order valence-electron chi connectivity index (χ4n) is 1.68. The normalized spacial score (nSPS) is 28.5. The number of nitrogens with zero attached hydrogens (tertiary/aromatic N) is 1. The van der Waals surface area contributed by atoms with Crippen LogP contribution < -0.4 is 11.5 Å². The van der Waals surface area contributed by atoms with Crippen LogP contribution in [0.15, 0.2) is 0 Å².